The van der Waals surface area contributed by atoms with Crippen molar-refractivity contribution in [3.05, 3.63) is 77.1 Å². The van der Waals surface area contributed by atoms with Crippen LogP contribution in [0, 0.1) is 12.5 Å². The molecular weight excluding hydrogens is 478 g/mol. The van der Waals surface area contributed by atoms with E-state index in [9.17, 15) is 14.4 Å². The molecule has 2 fully saturated rings. The molecule has 8 heteroatoms. The lowest BCUT2D eigenvalue weighted by Crippen LogP contribution is -2.54. The molecule has 2 saturated heterocycles. The predicted octanol–water partition coefficient (Wildman–Crippen LogP) is 3.72. The van der Waals surface area contributed by atoms with Crippen molar-refractivity contribution in [3.8, 4) is 0 Å². The Hall–Kier alpha value is -3.70. The van der Waals surface area contributed by atoms with Gasteiger partial charge in [0.2, 0.25) is 11.8 Å². The Kier molecular flexibility index (Phi) is 6.97. The van der Waals surface area contributed by atoms with Gasteiger partial charge in [0.1, 0.15) is 11.5 Å². The van der Waals surface area contributed by atoms with Gasteiger partial charge in [0.05, 0.1) is 12.5 Å². The Bertz CT molecular complexity index is 1270. The van der Waals surface area contributed by atoms with E-state index in [0.717, 1.165) is 23.2 Å². The second-order valence-corrected chi connectivity index (χ2v) is 11.2. The molecule has 3 amide bonds. The van der Waals surface area contributed by atoms with Gasteiger partial charge in [-0.15, -0.1) is 0 Å². The molecule has 0 unspecified atom stereocenters. The Balaban J connectivity index is 1.36. The topological polar surface area (TPSA) is 86.1 Å². The summed E-state index contributed by atoms with van der Waals surface area (Å²) < 4.78 is 0. The Labute approximate surface area is 224 Å². The highest BCUT2D eigenvalue weighted by molar-refractivity contribution is 6.07. The fraction of sp³-hybridized carbons (Fsp3) is 0.467. The normalized spacial score (nSPS) is 26.8. The van der Waals surface area contributed by atoms with Gasteiger partial charge in [-0.3, -0.25) is 29.4 Å². The molecule has 5 rings (SSSR count). The number of rotatable bonds is 6. The largest absolute Gasteiger partial charge is 0.332 e. The molecule has 198 valence electrons. The van der Waals surface area contributed by atoms with E-state index in [4.69, 9.17) is 6.57 Å². The molecule has 0 aliphatic carbocycles. The van der Waals surface area contributed by atoms with Gasteiger partial charge in [-0.05, 0) is 42.4 Å². The molecule has 2 aromatic rings. The Morgan fingerprint density at radius 1 is 1.13 bits per heavy atom. The average molecular weight is 514 g/mol. The first-order valence-corrected chi connectivity index (χ1v) is 13.4. The number of likely N-dealkylation sites (tertiary alicyclic amines) is 1. The molecule has 2 aromatic carbocycles. The van der Waals surface area contributed by atoms with E-state index in [1.54, 1.807) is 16.8 Å². The Morgan fingerprint density at radius 3 is 2.55 bits per heavy atom. The first-order chi connectivity index (χ1) is 18.2. The molecule has 2 N–H and O–H groups in total. The average Bonchev–Trinajstić information content (AvgIpc) is 3.64. The molecule has 0 bridgehead atoms. The highest BCUT2D eigenvalue weighted by atomic mass is 16.2. The van der Waals surface area contributed by atoms with Crippen LogP contribution >= 0.6 is 0 Å². The molecule has 8 nitrogen and oxygen atoms in total. The van der Waals surface area contributed by atoms with E-state index in [2.05, 4.69) is 27.6 Å². The predicted molar refractivity (Wildman–Crippen MR) is 145 cm³/mol. The van der Waals surface area contributed by atoms with Crippen molar-refractivity contribution in [2.24, 2.45) is 5.92 Å². The van der Waals surface area contributed by atoms with Crippen LogP contribution in [0.5, 0.6) is 0 Å². The summed E-state index contributed by atoms with van der Waals surface area (Å²) in [5.41, 5.74) is 1.78. The van der Waals surface area contributed by atoms with Crippen molar-refractivity contribution in [2.45, 2.75) is 69.2 Å². The molecular formula is C30H35N5O3. The summed E-state index contributed by atoms with van der Waals surface area (Å²) >= 11 is 0. The van der Waals surface area contributed by atoms with Crippen molar-refractivity contribution >= 4 is 23.4 Å². The third-order valence-electron chi connectivity index (χ3n) is 8.33. The van der Waals surface area contributed by atoms with E-state index in [1.807, 2.05) is 56.3 Å². The van der Waals surface area contributed by atoms with Gasteiger partial charge in [0, 0.05) is 25.3 Å². The van der Waals surface area contributed by atoms with Gasteiger partial charge in [-0.2, -0.15) is 0 Å². The van der Waals surface area contributed by atoms with E-state index in [0.29, 0.717) is 12.8 Å². The van der Waals surface area contributed by atoms with Crippen molar-refractivity contribution in [2.75, 3.05) is 18.9 Å². The minimum Gasteiger partial charge on any atom is -0.332 e. The molecule has 3 heterocycles. The number of nitrogens with zero attached hydrogens (tertiary/aromatic N) is 3. The maximum absolute atomic E-state index is 14.1. The van der Waals surface area contributed by atoms with Crippen LogP contribution in [0.4, 0.5) is 5.69 Å². The second kappa shape index (κ2) is 10.2. The number of anilines is 1. The van der Waals surface area contributed by atoms with E-state index < -0.39 is 17.6 Å². The maximum Gasteiger partial charge on any atom is 0.302 e. The number of carbonyl (C=O) groups is 3. The summed E-state index contributed by atoms with van der Waals surface area (Å²) in [7, 11) is 1.70. The smallest absolute Gasteiger partial charge is 0.302 e. The van der Waals surface area contributed by atoms with Crippen molar-refractivity contribution in [1.82, 2.24) is 15.1 Å². The van der Waals surface area contributed by atoms with Gasteiger partial charge in [0.25, 0.3) is 5.91 Å². The zero-order valence-corrected chi connectivity index (χ0v) is 22.2. The standard InChI is InChI=1S/C30H35N5O3/c1-19(2)16-25(34(4)27(36)24-15-14-22(32-24)20-10-6-5-7-11-20)28(37)35-18-30(17-26(35)31-3)21-12-8-9-13-23(21)33-29(30)38/h5-13,19,22,24-26,32H,14-18H2,1-2,4H3,(H,33,38)/t22-,24-,25-,26-,30-/m0/s1. The number of para-hydroxylation sites is 1. The maximum atomic E-state index is 14.1. The summed E-state index contributed by atoms with van der Waals surface area (Å²) in [4.78, 5) is 47.8. The molecule has 0 radical (unpaired) electrons. The van der Waals surface area contributed by atoms with Crippen molar-refractivity contribution in [3.63, 3.8) is 0 Å². The highest BCUT2D eigenvalue weighted by Crippen LogP contribution is 2.47. The summed E-state index contributed by atoms with van der Waals surface area (Å²) in [6.07, 6.45) is 1.51. The fourth-order valence-electron chi connectivity index (χ4n) is 6.30. The van der Waals surface area contributed by atoms with Gasteiger partial charge >= 0.3 is 6.17 Å². The molecule has 5 atom stereocenters. The first kappa shape index (κ1) is 25.9. The number of benzene rings is 2. The SMILES string of the molecule is [C-]#[N+][C@@H]1C[C@@]2(CN1C(=O)[C@H](CC(C)C)N(C)C(=O)[C@@H]1CC[C@@H](c3ccccc3)N1)C(=O)Nc1ccccc12. The lowest BCUT2D eigenvalue weighted by molar-refractivity contribution is -0.146. The highest BCUT2D eigenvalue weighted by Gasteiger charge is 2.59. The molecule has 3 aliphatic rings. The lowest BCUT2D eigenvalue weighted by Gasteiger charge is -2.33. The zero-order valence-electron chi connectivity index (χ0n) is 22.2. The van der Waals surface area contributed by atoms with E-state index in [-0.39, 0.29) is 48.7 Å². The van der Waals surface area contributed by atoms with Gasteiger partial charge in [-0.1, -0.05) is 62.4 Å². The van der Waals surface area contributed by atoms with Crippen molar-refractivity contribution < 1.29 is 14.4 Å². The van der Waals surface area contributed by atoms with Crippen LogP contribution in [0.2, 0.25) is 0 Å². The van der Waals surface area contributed by atoms with Crippen LogP contribution in [0.3, 0.4) is 0 Å². The van der Waals surface area contributed by atoms with Crippen LogP contribution in [-0.2, 0) is 19.8 Å². The van der Waals surface area contributed by atoms with E-state index >= 15 is 0 Å². The lowest BCUT2D eigenvalue weighted by atomic mass is 9.80. The monoisotopic (exact) mass is 513 g/mol. The van der Waals surface area contributed by atoms with Crippen LogP contribution in [0.15, 0.2) is 54.6 Å². The first-order valence-electron chi connectivity index (χ1n) is 13.4. The number of carbonyl (C=O) groups excluding carboxylic acids is 3. The third kappa shape index (κ3) is 4.45. The molecule has 3 aliphatic heterocycles. The van der Waals surface area contributed by atoms with Gasteiger partial charge < -0.3 is 10.2 Å². The van der Waals surface area contributed by atoms with Gasteiger partial charge in [-0.25, -0.2) is 6.57 Å². The third-order valence-corrected chi connectivity index (χ3v) is 8.33. The number of hydrogen-bond acceptors (Lipinski definition) is 4. The van der Waals surface area contributed by atoms with Crippen LogP contribution in [0.25, 0.3) is 4.85 Å². The van der Waals surface area contributed by atoms with Gasteiger partial charge in [0.15, 0.2) is 0 Å². The number of nitrogens with one attached hydrogen (secondary N) is 2. The number of hydrogen-bond donors (Lipinski definition) is 2. The summed E-state index contributed by atoms with van der Waals surface area (Å²) in [5, 5.41) is 6.40. The molecule has 1 spiro atoms. The minimum atomic E-state index is -0.942. The second-order valence-electron chi connectivity index (χ2n) is 11.2. The quantitative estimate of drug-likeness (QED) is 0.577. The fourth-order valence-corrected chi connectivity index (χ4v) is 6.30. The number of likely N-dealkylation sites (N-methyl/N-ethyl adjacent to an activating group) is 1. The number of fused-ring (bicyclic) bond motifs is 2. The van der Waals surface area contributed by atoms with Crippen LogP contribution in [0.1, 0.15) is 56.7 Å². The van der Waals surface area contributed by atoms with Crippen molar-refractivity contribution in [1.29, 1.82) is 0 Å². The van der Waals surface area contributed by atoms with E-state index in [1.165, 1.54) is 0 Å². The summed E-state index contributed by atoms with van der Waals surface area (Å²) in [6, 6.07) is 16.6. The molecule has 0 aromatic heterocycles. The van der Waals surface area contributed by atoms with Crippen LogP contribution < -0.4 is 10.6 Å². The minimum absolute atomic E-state index is 0.101. The summed E-state index contributed by atoms with van der Waals surface area (Å²) in [6.45, 7) is 12.0. The Morgan fingerprint density at radius 2 is 1.84 bits per heavy atom. The molecule has 0 saturated carbocycles. The summed E-state index contributed by atoms with van der Waals surface area (Å²) in [5.74, 6) is -0.386. The number of amides is 3. The van der Waals surface area contributed by atoms with Crippen LogP contribution in [-0.4, -0.2) is 59.4 Å². The zero-order chi connectivity index (χ0) is 27.0. The molecule has 38 heavy (non-hydrogen) atoms.